The van der Waals surface area contributed by atoms with E-state index in [1.54, 1.807) is 4.90 Å². The Hall–Kier alpha value is -4.23. The van der Waals surface area contributed by atoms with Crippen LogP contribution in [0.4, 0.5) is 32.0 Å². The minimum Gasteiger partial charge on any atom is -0.494 e. The summed E-state index contributed by atoms with van der Waals surface area (Å²) in [5.41, 5.74) is 2.15. The van der Waals surface area contributed by atoms with Crippen LogP contribution >= 0.6 is 22.7 Å². The largest absolute Gasteiger partial charge is 0.494 e. The van der Waals surface area contributed by atoms with Crippen molar-refractivity contribution in [2.75, 3.05) is 31.3 Å². The van der Waals surface area contributed by atoms with Crippen LogP contribution in [-0.4, -0.2) is 43.4 Å². The van der Waals surface area contributed by atoms with E-state index in [9.17, 15) is 9.59 Å². The quantitative estimate of drug-likeness (QED) is 0.0515. The van der Waals surface area contributed by atoms with Crippen molar-refractivity contribution < 1.29 is 23.8 Å². The molecular weight excluding hydrogens is 649 g/mol. The molecule has 0 fully saturated rings. The first-order valence-electron chi connectivity index (χ1n) is 16.7. The van der Waals surface area contributed by atoms with Crippen LogP contribution in [-0.2, 0) is 14.3 Å². The Morgan fingerprint density at radius 2 is 1.38 bits per heavy atom. The van der Waals surface area contributed by atoms with E-state index >= 15 is 0 Å². The third-order valence-corrected chi connectivity index (χ3v) is 9.08. The number of amides is 1. The molecule has 0 spiro atoms. The molecule has 0 bridgehead atoms. The lowest BCUT2D eigenvalue weighted by molar-refractivity contribution is -0.143. The molecule has 2 heterocycles. The van der Waals surface area contributed by atoms with Crippen LogP contribution < -0.4 is 9.64 Å². The minimum absolute atomic E-state index is 0.115. The fourth-order valence-electron chi connectivity index (χ4n) is 4.57. The highest BCUT2D eigenvalue weighted by atomic mass is 32.1. The Kier molecular flexibility index (Phi) is 15.4. The number of fused-ring (bicyclic) bond motifs is 1. The number of azo groups is 2. The molecule has 4 aromatic rings. The summed E-state index contributed by atoms with van der Waals surface area (Å²) in [6, 6.07) is 16.9. The molecule has 2 aromatic heterocycles. The van der Waals surface area contributed by atoms with Gasteiger partial charge < -0.3 is 14.2 Å². The third kappa shape index (κ3) is 12.1. The van der Waals surface area contributed by atoms with Gasteiger partial charge in [0.15, 0.2) is 0 Å². The highest BCUT2D eigenvalue weighted by molar-refractivity contribution is 7.30. The average molecular weight is 693 g/mol. The van der Waals surface area contributed by atoms with Gasteiger partial charge in [0.2, 0.25) is 5.13 Å². The number of carbonyl (C=O) groups is 2. The topological polar surface area (TPSA) is 127 Å². The second-order valence-electron chi connectivity index (χ2n) is 10.9. The standard InChI is InChI=1S/C35H44N6O5S2/c1-4-22-46-35(43)41(6-3)28-18-14-26(15-19-28)38-40-34-36-33-30(47-34)25-31(48-33)39-37-27-16-20-29(21-17-27)44-23-12-10-8-7-9-11-13-24-45-32(42)5-2/h14-21,25H,4-13,22-24H2,1-3H3. The van der Waals surface area contributed by atoms with E-state index in [1.807, 2.05) is 75.4 Å². The first-order chi connectivity index (χ1) is 23.5. The van der Waals surface area contributed by atoms with Gasteiger partial charge in [-0.1, -0.05) is 68.6 Å². The van der Waals surface area contributed by atoms with Crippen LogP contribution in [0.25, 0.3) is 9.53 Å². The smallest absolute Gasteiger partial charge is 0.414 e. The molecule has 11 nitrogen and oxygen atoms in total. The van der Waals surface area contributed by atoms with E-state index in [0.29, 0.717) is 43.6 Å². The van der Waals surface area contributed by atoms with Gasteiger partial charge in [-0.2, -0.15) is 0 Å². The van der Waals surface area contributed by atoms with Gasteiger partial charge in [-0.25, -0.2) is 9.78 Å². The number of thiophene rings is 1. The van der Waals surface area contributed by atoms with E-state index in [1.165, 1.54) is 41.9 Å². The van der Waals surface area contributed by atoms with Crippen molar-refractivity contribution >= 4 is 71.5 Å². The number of rotatable bonds is 20. The molecule has 0 radical (unpaired) electrons. The van der Waals surface area contributed by atoms with E-state index in [-0.39, 0.29) is 12.1 Å². The second kappa shape index (κ2) is 20.2. The van der Waals surface area contributed by atoms with Gasteiger partial charge in [0.25, 0.3) is 0 Å². The number of benzene rings is 2. The van der Waals surface area contributed by atoms with Crippen LogP contribution in [0.1, 0.15) is 78.6 Å². The van der Waals surface area contributed by atoms with E-state index < -0.39 is 0 Å². The van der Waals surface area contributed by atoms with Gasteiger partial charge in [0.1, 0.15) is 15.6 Å². The predicted octanol–water partition coefficient (Wildman–Crippen LogP) is 11.6. The summed E-state index contributed by atoms with van der Waals surface area (Å²) in [7, 11) is 0. The molecule has 0 saturated heterocycles. The van der Waals surface area contributed by atoms with Crippen LogP contribution in [0, 0.1) is 0 Å². The summed E-state index contributed by atoms with van der Waals surface area (Å²) in [6.07, 6.45) is 8.63. The van der Waals surface area contributed by atoms with Crippen LogP contribution in [0.5, 0.6) is 5.75 Å². The lowest BCUT2D eigenvalue weighted by atomic mass is 10.1. The monoisotopic (exact) mass is 692 g/mol. The maximum atomic E-state index is 12.3. The predicted molar refractivity (Wildman–Crippen MR) is 192 cm³/mol. The second-order valence-corrected chi connectivity index (χ2v) is 12.9. The minimum atomic E-state index is -0.356. The molecule has 1 amide bonds. The zero-order valence-electron chi connectivity index (χ0n) is 27.9. The van der Waals surface area contributed by atoms with Crippen LogP contribution in [0.2, 0.25) is 0 Å². The fraction of sp³-hybridized carbons (Fsp3) is 0.457. The Morgan fingerprint density at radius 3 is 2.02 bits per heavy atom. The Bertz CT molecular complexity index is 1590. The maximum Gasteiger partial charge on any atom is 0.414 e. The lowest BCUT2D eigenvalue weighted by Crippen LogP contribution is -2.31. The van der Waals surface area contributed by atoms with Crippen molar-refractivity contribution in [3.63, 3.8) is 0 Å². The summed E-state index contributed by atoms with van der Waals surface area (Å²) in [4.78, 5) is 30.4. The number of carbonyl (C=O) groups excluding carboxylic acids is 2. The maximum absolute atomic E-state index is 12.3. The highest BCUT2D eigenvalue weighted by Gasteiger charge is 2.15. The summed E-state index contributed by atoms with van der Waals surface area (Å²) in [5.74, 6) is 0.708. The summed E-state index contributed by atoms with van der Waals surface area (Å²) in [6.45, 7) is 7.82. The molecule has 0 aliphatic rings. The van der Waals surface area contributed by atoms with Crippen molar-refractivity contribution in [3.05, 3.63) is 54.6 Å². The fourth-order valence-corrected chi connectivity index (χ4v) is 6.42. The average Bonchev–Trinajstić information content (AvgIpc) is 3.67. The number of anilines is 1. The van der Waals surface area contributed by atoms with Gasteiger partial charge in [-0.3, -0.25) is 9.69 Å². The van der Waals surface area contributed by atoms with Crippen LogP contribution in [0.15, 0.2) is 75.1 Å². The lowest BCUT2D eigenvalue weighted by Gasteiger charge is -2.20. The van der Waals surface area contributed by atoms with Crippen molar-refractivity contribution in [2.45, 2.75) is 78.6 Å². The van der Waals surface area contributed by atoms with Crippen molar-refractivity contribution in [3.8, 4) is 5.75 Å². The molecule has 48 heavy (non-hydrogen) atoms. The first-order valence-corrected chi connectivity index (χ1v) is 18.3. The molecule has 13 heteroatoms. The molecule has 0 unspecified atom stereocenters. The third-order valence-electron chi connectivity index (χ3n) is 7.15. The van der Waals surface area contributed by atoms with Gasteiger partial charge in [0.05, 0.1) is 35.9 Å². The summed E-state index contributed by atoms with van der Waals surface area (Å²) >= 11 is 2.89. The Labute approximate surface area is 290 Å². The van der Waals surface area contributed by atoms with Gasteiger partial charge in [-0.05, 0) is 80.8 Å². The number of hydrogen-bond acceptors (Lipinski definition) is 12. The zero-order chi connectivity index (χ0) is 34.0. The number of aromatic nitrogens is 1. The number of esters is 1. The number of thiazole rings is 1. The summed E-state index contributed by atoms with van der Waals surface area (Å²) < 4.78 is 17.2. The number of hydrogen-bond donors (Lipinski definition) is 0. The van der Waals surface area contributed by atoms with E-state index in [2.05, 4.69) is 25.4 Å². The van der Waals surface area contributed by atoms with Gasteiger partial charge in [-0.15, -0.1) is 20.5 Å². The summed E-state index contributed by atoms with van der Waals surface area (Å²) in [5, 5.41) is 18.7. The van der Waals surface area contributed by atoms with Crippen LogP contribution in [0.3, 0.4) is 0 Å². The molecule has 0 aliphatic heterocycles. The molecule has 0 aliphatic carbocycles. The van der Waals surface area contributed by atoms with E-state index in [0.717, 1.165) is 63.8 Å². The van der Waals surface area contributed by atoms with Gasteiger partial charge >= 0.3 is 12.1 Å². The van der Waals surface area contributed by atoms with Crippen molar-refractivity contribution in [2.24, 2.45) is 20.5 Å². The van der Waals surface area contributed by atoms with Crippen molar-refractivity contribution in [1.29, 1.82) is 0 Å². The number of ether oxygens (including phenoxy) is 3. The molecule has 0 N–H and O–H groups in total. The van der Waals surface area contributed by atoms with Crippen molar-refractivity contribution in [1.82, 2.24) is 4.98 Å². The molecule has 2 aromatic carbocycles. The molecule has 4 rings (SSSR count). The molecule has 0 saturated carbocycles. The number of unbranched alkanes of at least 4 members (excludes halogenated alkanes) is 6. The normalized spacial score (nSPS) is 11.5. The molecule has 256 valence electrons. The zero-order valence-corrected chi connectivity index (χ0v) is 29.6. The Morgan fingerprint density at radius 1 is 0.729 bits per heavy atom. The van der Waals surface area contributed by atoms with E-state index in [4.69, 9.17) is 14.2 Å². The highest BCUT2D eigenvalue weighted by Crippen LogP contribution is 2.39. The first kappa shape index (κ1) is 36.6. The molecular formula is C35H44N6O5S2. The Balaban J connectivity index is 1.16. The number of nitrogens with zero attached hydrogens (tertiary/aromatic N) is 6. The van der Waals surface area contributed by atoms with Gasteiger partial charge in [0, 0.05) is 18.7 Å². The molecule has 0 atom stereocenters. The SMILES string of the molecule is CCCOC(=O)N(CC)c1ccc(N=Nc2nc3sc(N=Nc4ccc(OCCCCCCCCCOC(=O)CC)cc4)cc3s2)cc1.